The minimum absolute atomic E-state index is 0.186. The average Bonchev–Trinajstić information content (AvgIpc) is 2.85. The highest BCUT2D eigenvalue weighted by Crippen LogP contribution is 2.64. The monoisotopic (exact) mass is 708 g/mol. The van der Waals surface area contributed by atoms with E-state index in [0.717, 1.165) is 0 Å². The molecule has 4 N–H and O–H groups in total. The van der Waals surface area contributed by atoms with Crippen LogP contribution in [-0.2, 0) is 33.5 Å². The molecule has 0 aliphatic carbocycles. The molecular formula is C34H44F12N2. The summed E-state index contributed by atoms with van der Waals surface area (Å²) in [6, 6.07) is 1.15. The van der Waals surface area contributed by atoms with Gasteiger partial charge in [0.15, 0.2) is 0 Å². The Morgan fingerprint density at radius 1 is 0.333 bits per heavy atom. The van der Waals surface area contributed by atoms with E-state index in [2.05, 4.69) is 0 Å². The molecule has 0 atom stereocenters. The Kier molecular flexibility index (Phi) is 9.79. The highest BCUT2D eigenvalue weighted by molar-refractivity contribution is 5.62. The fourth-order valence-electron chi connectivity index (χ4n) is 5.30. The highest BCUT2D eigenvalue weighted by atomic mass is 19.4. The summed E-state index contributed by atoms with van der Waals surface area (Å²) in [5, 5.41) is 0. The maximum atomic E-state index is 15.6. The molecule has 2 aromatic carbocycles. The fraction of sp³-hybridized carbons (Fsp3) is 0.647. The molecule has 14 heteroatoms. The lowest BCUT2D eigenvalue weighted by Gasteiger charge is -2.42. The second-order valence-corrected chi connectivity index (χ2v) is 16.4. The largest absolute Gasteiger partial charge is 0.398 e. The number of benzene rings is 2. The number of nitrogen functional groups attached to an aromatic ring is 2. The minimum atomic E-state index is -7.75. The molecule has 0 aliphatic heterocycles. The molecule has 0 unspecified atom stereocenters. The summed E-state index contributed by atoms with van der Waals surface area (Å²) in [5.41, 5.74) is 2.07. The van der Waals surface area contributed by atoms with Crippen LogP contribution in [0.4, 0.5) is 64.1 Å². The minimum Gasteiger partial charge on any atom is -0.398 e. The Hall–Kier alpha value is -2.80. The third kappa shape index (κ3) is 6.33. The summed E-state index contributed by atoms with van der Waals surface area (Å²) in [4.78, 5) is 0. The molecule has 2 rings (SSSR count). The summed E-state index contributed by atoms with van der Waals surface area (Å²) in [6.07, 6.45) is 0. The number of hydrogen-bond donors (Lipinski definition) is 2. The first-order valence-electron chi connectivity index (χ1n) is 14.9. The van der Waals surface area contributed by atoms with Gasteiger partial charge in [-0.25, -0.2) is 0 Å². The predicted molar refractivity (Wildman–Crippen MR) is 164 cm³/mol. The van der Waals surface area contributed by atoms with Crippen molar-refractivity contribution in [3.05, 3.63) is 57.6 Å². The molecule has 0 spiro atoms. The molecule has 0 saturated carbocycles. The van der Waals surface area contributed by atoms with Crippen LogP contribution in [0.15, 0.2) is 24.3 Å². The number of rotatable bonds is 7. The lowest BCUT2D eigenvalue weighted by molar-refractivity contribution is -0.429. The Morgan fingerprint density at radius 3 is 0.646 bits per heavy atom. The van der Waals surface area contributed by atoms with Crippen molar-refractivity contribution in [1.82, 2.24) is 0 Å². The standard InChI is InChI=1S/C34H44F12N2/c1-25(2,3)19-13-17(14-20(23(19)47)26(4,5)6)29(35,36)31(39,40)33(43,44)34(45,46)32(41,42)30(37,38)18-15-21(27(7,8)9)24(48)22(16-18)28(10,11)12/h13-16H,47-48H2,1-12H3. The number of nitrogens with two attached hydrogens (primary N) is 2. The molecule has 2 nitrogen and oxygen atoms in total. The van der Waals surface area contributed by atoms with E-state index in [-0.39, 0.29) is 57.9 Å². The SMILES string of the molecule is CC(C)(C)c1cc(C(F)(F)C(F)(F)C(F)(F)C(F)(F)C(F)(F)C(F)(F)c2cc(C(C)(C)C)c(N)c(C(C)(C)C)c2)cc(C(C)(C)C)c1N. The molecule has 0 aromatic heterocycles. The number of hydrogen-bond acceptors (Lipinski definition) is 2. The molecule has 48 heavy (non-hydrogen) atoms. The van der Waals surface area contributed by atoms with Gasteiger partial charge in [-0.1, -0.05) is 83.1 Å². The Balaban J connectivity index is 2.92. The fourth-order valence-corrected chi connectivity index (χ4v) is 5.30. The molecule has 0 fully saturated rings. The average molecular weight is 709 g/mol. The topological polar surface area (TPSA) is 52.0 Å². The van der Waals surface area contributed by atoms with Crippen LogP contribution < -0.4 is 11.5 Å². The zero-order chi connectivity index (χ0) is 38.4. The first kappa shape index (κ1) is 41.4. The van der Waals surface area contributed by atoms with E-state index in [4.69, 9.17) is 11.5 Å². The van der Waals surface area contributed by atoms with Gasteiger partial charge < -0.3 is 11.5 Å². The maximum absolute atomic E-state index is 15.6. The summed E-state index contributed by atoms with van der Waals surface area (Å²) in [6.45, 7) is 16.9. The van der Waals surface area contributed by atoms with Crippen LogP contribution in [0.2, 0.25) is 0 Å². The number of alkyl halides is 12. The third-order valence-corrected chi connectivity index (χ3v) is 8.29. The van der Waals surface area contributed by atoms with Gasteiger partial charge in [-0.05, 0) is 68.2 Å². The highest BCUT2D eigenvalue weighted by Gasteiger charge is 2.90. The number of halogens is 12. The van der Waals surface area contributed by atoms with Crippen molar-refractivity contribution in [1.29, 1.82) is 0 Å². The van der Waals surface area contributed by atoms with E-state index in [0.29, 0.717) is 0 Å². The molecule has 0 aliphatic rings. The number of anilines is 2. The van der Waals surface area contributed by atoms with Gasteiger partial charge in [0.25, 0.3) is 0 Å². The Morgan fingerprint density at radius 2 is 0.500 bits per heavy atom. The first-order chi connectivity index (χ1) is 20.7. The van der Waals surface area contributed by atoms with Gasteiger partial charge in [-0.15, -0.1) is 0 Å². The van der Waals surface area contributed by atoms with E-state index < -0.39 is 68.3 Å². The first-order valence-corrected chi connectivity index (χ1v) is 14.9. The van der Waals surface area contributed by atoms with Gasteiger partial charge in [0, 0.05) is 22.5 Å². The molecule has 0 bridgehead atoms. The lowest BCUT2D eigenvalue weighted by Crippen LogP contribution is -2.69. The van der Waals surface area contributed by atoms with Crippen LogP contribution in [0, 0.1) is 0 Å². The second kappa shape index (κ2) is 11.4. The van der Waals surface area contributed by atoms with Crippen molar-refractivity contribution in [2.75, 3.05) is 11.5 Å². The Bertz CT molecular complexity index is 1350. The third-order valence-electron chi connectivity index (χ3n) is 8.29. The van der Waals surface area contributed by atoms with Crippen LogP contribution >= 0.6 is 0 Å². The maximum Gasteiger partial charge on any atom is 0.385 e. The van der Waals surface area contributed by atoms with Gasteiger partial charge in [0.1, 0.15) is 0 Å². The molecule has 0 heterocycles. The van der Waals surface area contributed by atoms with Gasteiger partial charge in [0.05, 0.1) is 0 Å². The van der Waals surface area contributed by atoms with Crippen LogP contribution in [0.25, 0.3) is 0 Å². The van der Waals surface area contributed by atoms with Crippen LogP contribution in [0.5, 0.6) is 0 Å². The van der Waals surface area contributed by atoms with Crippen molar-refractivity contribution in [2.45, 2.75) is 140 Å². The summed E-state index contributed by atoms with van der Waals surface area (Å²) >= 11 is 0. The van der Waals surface area contributed by atoms with Crippen LogP contribution in [-0.4, -0.2) is 23.7 Å². The normalized spacial score (nSPS) is 15.2. The van der Waals surface area contributed by atoms with Crippen molar-refractivity contribution in [3.63, 3.8) is 0 Å². The van der Waals surface area contributed by atoms with Gasteiger partial charge in [-0.2, -0.15) is 52.7 Å². The van der Waals surface area contributed by atoms with Crippen molar-refractivity contribution < 1.29 is 52.7 Å². The molecule has 0 radical (unpaired) electrons. The van der Waals surface area contributed by atoms with E-state index >= 15 is 52.7 Å². The van der Waals surface area contributed by atoms with E-state index in [9.17, 15) is 0 Å². The van der Waals surface area contributed by atoms with Gasteiger partial charge in [-0.3, -0.25) is 0 Å². The lowest BCUT2D eigenvalue weighted by atomic mass is 9.75. The van der Waals surface area contributed by atoms with Crippen LogP contribution in [0.3, 0.4) is 0 Å². The molecular weight excluding hydrogens is 664 g/mol. The van der Waals surface area contributed by atoms with Crippen molar-refractivity contribution >= 4 is 11.4 Å². The Labute approximate surface area is 273 Å². The smallest absolute Gasteiger partial charge is 0.385 e. The van der Waals surface area contributed by atoms with E-state index in [1.54, 1.807) is 0 Å². The van der Waals surface area contributed by atoms with Gasteiger partial charge >= 0.3 is 35.5 Å². The van der Waals surface area contributed by atoms with Crippen LogP contribution in [0.1, 0.15) is 116 Å². The van der Waals surface area contributed by atoms with Gasteiger partial charge in [0.2, 0.25) is 0 Å². The quantitative estimate of drug-likeness (QED) is 0.222. The molecule has 274 valence electrons. The zero-order valence-electron chi connectivity index (χ0n) is 29.0. The molecule has 0 saturated heterocycles. The van der Waals surface area contributed by atoms with E-state index in [1.165, 1.54) is 83.1 Å². The summed E-state index contributed by atoms with van der Waals surface area (Å²) in [5.74, 6) is -42.8. The second-order valence-electron chi connectivity index (χ2n) is 16.4. The van der Waals surface area contributed by atoms with E-state index in [1.807, 2.05) is 0 Å². The molecule has 2 aromatic rings. The zero-order valence-corrected chi connectivity index (χ0v) is 29.0. The molecule has 0 amide bonds. The predicted octanol–water partition coefficient (Wildman–Crippen LogP) is 11.5. The van der Waals surface area contributed by atoms with Crippen molar-refractivity contribution in [2.24, 2.45) is 0 Å². The summed E-state index contributed by atoms with van der Waals surface area (Å²) in [7, 11) is 0. The summed E-state index contributed by atoms with van der Waals surface area (Å²) < 4.78 is 185. The van der Waals surface area contributed by atoms with Crippen molar-refractivity contribution in [3.8, 4) is 0 Å².